The van der Waals surface area contributed by atoms with E-state index < -0.39 is 5.60 Å². The maximum Gasteiger partial charge on any atom is 0.316 e. The van der Waals surface area contributed by atoms with Gasteiger partial charge in [0.15, 0.2) is 0 Å². The highest BCUT2D eigenvalue weighted by atomic mass is 32.2. The Labute approximate surface area is 122 Å². The Morgan fingerprint density at radius 1 is 1.45 bits per heavy atom. The minimum absolute atomic E-state index is 0.123. The molecule has 0 aliphatic heterocycles. The maximum atomic E-state index is 11.7. The zero-order valence-electron chi connectivity index (χ0n) is 11.8. The van der Waals surface area contributed by atoms with Crippen molar-refractivity contribution in [3.8, 4) is 0 Å². The Morgan fingerprint density at radius 2 is 2.20 bits per heavy atom. The normalized spacial score (nSPS) is 11.8. The van der Waals surface area contributed by atoms with E-state index in [0.29, 0.717) is 10.7 Å². The molecule has 2 aromatic rings. The number of imidazole rings is 1. The predicted molar refractivity (Wildman–Crippen MR) is 77.7 cm³/mol. The topological polar surface area (TPSA) is 63.8 Å². The molecule has 2 aromatic heterocycles. The van der Waals surface area contributed by atoms with Crippen LogP contribution in [0.25, 0.3) is 5.65 Å². The third-order valence-electron chi connectivity index (χ3n) is 2.49. The van der Waals surface area contributed by atoms with Crippen LogP contribution in [0.15, 0.2) is 29.4 Å². The molecule has 108 valence electrons. The van der Waals surface area contributed by atoms with Crippen LogP contribution in [-0.2, 0) is 16.1 Å². The van der Waals surface area contributed by atoms with Crippen molar-refractivity contribution in [1.82, 2.24) is 9.38 Å². The molecule has 0 saturated heterocycles. The number of thioether (sulfide) groups is 1. The van der Waals surface area contributed by atoms with Crippen molar-refractivity contribution in [2.45, 2.75) is 38.0 Å². The molecule has 0 atom stereocenters. The molecule has 1 N–H and O–H groups in total. The van der Waals surface area contributed by atoms with E-state index >= 15 is 0 Å². The number of aliphatic hydroxyl groups excluding tert-OH is 1. The average Bonchev–Trinajstić information content (AvgIpc) is 2.71. The highest BCUT2D eigenvalue weighted by molar-refractivity contribution is 7.99. The van der Waals surface area contributed by atoms with Gasteiger partial charge in [0, 0.05) is 6.20 Å². The smallest absolute Gasteiger partial charge is 0.316 e. The predicted octanol–water partition coefficient (Wildman–Crippen LogP) is 2.26. The lowest BCUT2D eigenvalue weighted by molar-refractivity contribution is -0.151. The largest absolute Gasteiger partial charge is 0.459 e. The average molecular weight is 294 g/mol. The third-order valence-corrected chi connectivity index (χ3v) is 3.47. The van der Waals surface area contributed by atoms with Crippen LogP contribution in [0.2, 0.25) is 0 Å². The van der Waals surface area contributed by atoms with Crippen LogP contribution in [0.4, 0.5) is 0 Å². The number of ether oxygens (including phenoxy) is 1. The zero-order chi connectivity index (χ0) is 14.8. The summed E-state index contributed by atoms with van der Waals surface area (Å²) in [5, 5.41) is 10.1. The second-order valence-electron chi connectivity index (χ2n) is 5.33. The lowest BCUT2D eigenvalue weighted by Crippen LogP contribution is -2.24. The lowest BCUT2D eigenvalue weighted by atomic mass is 10.2. The van der Waals surface area contributed by atoms with E-state index in [-0.39, 0.29) is 18.3 Å². The van der Waals surface area contributed by atoms with Gasteiger partial charge in [-0.15, -0.1) is 0 Å². The van der Waals surface area contributed by atoms with Gasteiger partial charge in [-0.25, -0.2) is 4.98 Å². The Morgan fingerprint density at radius 3 is 2.85 bits per heavy atom. The molecule has 6 heteroatoms. The summed E-state index contributed by atoms with van der Waals surface area (Å²) in [6.07, 6.45) is 1.84. The molecule has 0 bridgehead atoms. The number of carbonyl (C=O) groups is 1. The van der Waals surface area contributed by atoms with Crippen LogP contribution in [-0.4, -0.2) is 31.8 Å². The molecule has 0 aliphatic rings. The summed E-state index contributed by atoms with van der Waals surface area (Å²) in [7, 11) is 0. The number of aliphatic hydroxyl groups is 1. The van der Waals surface area contributed by atoms with E-state index in [1.54, 1.807) is 0 Å². The van der Waals surface area contributed by atoms with Crippen molar-refractivity contribution in [2.75, 3.05) is 5.75 Å². The third kappa shape index (κ3) is 3.52. The van der Waals surface area contributed by atoms with Gasteiger partial charge in [0.25, 0.3) is 0 Å². The van der Waals surface area contributed by atoms with Crippen LogP contribution in [0, 0.1) is 0 Å². The number of esters is 1. The molecule has 0 fully saturated rings. The minimum atomic E-state index is -0.490. The number of nitrogens with zero attached hydrogens (tertiary/aromatic N) is 2. The fourth-order valence-corrected chi connectivity index (χ4v) is 2.58. The second kappa shape index (κ2) is 5.85. The first-order chi connectivity index (χ1) is 9.40. The molecule has 0 aliphatic carbocycles. The molecule has 0 unspecified atom stereocenters. The van der Waals surface area contributed by atoms with Gasteiger partial charge in [-0.1, -0.05) is 17.8 Å². The quantitative estimate of drug-likeness (QED) is 0.692. The number of carbonyl (C=O) groups excluding carboxylic acids is 1. The Kier molecular flexibility index (Phi) is 4.35. The van der Waals surface area contributed by atoms with Gasteiger partial charge in [0.05, 0.1) is 18.1 Å². The van der Waals surface area contributed by atoms with Gasteiger partial charge >= 0.3 is 5.97 Å². The van der Waals surface area contributed by atoms with Crippen LogP contribution in [0.1, 0.15) is 26.5 Å². The molecule has 0 amide bonds. The summed E-state index contributed by atoms with van der Waals surface area (Å²) in [4.78, 5) is 16.1. The van der Waals surface area contributed by atoms with Crippen LogP contribution >= 0.6 is 11.8 Å². The zero-order valence-corrected chi connectivity index (χ0v) is 12.6. The van der Waals surface area contributed by atoms with Gasteiger partial charge in [-0.05, 0) is 32.9 Å². The van der Waals surface area contributed by atoms with Crippen LogP contribution < -0.4 is 0 Å². The first-order valence-corrected chi connectivity index (χ1v) is 7.31. The summed E-state index contributed by atoms with van der Waals surface area (Å²) < 4.78 is 7.07. The van der Waals surface area contributed by atoms with Crippen molar-refractivity contribution >= 4 is 23.4 Å². The Bertz CT molecular complexity index is 616. The summed E-state index contributed by atoms with van der Waals surface area (Å²) in [6.45, 7) is 5.38. The molecule has 0 saturated carbocycles. The van der Waals surface area contributed by atoms with Crippen molar-refractivity contribution in [1.29, 1.82) is 0 Å². The van der Waals surface area contributed by atoms with Gasteiger partial charge in [-0.2, -0.15) is 0 Å². The molecular formula is C14H18N2O3S. The summed E-state index contributed by atoms with van der Waals surface area (Å²) in [5.41, 5.74) is 0.952. The van der Waals surface area contributed by atoms with Crippen molar-refractivity contribution < 1.29 is 14.6 Å². The van der Waals surface area contributed by atoms with E-state index in [1.165, 1.54) is 11.8 Å². The van der Waals surface area contributed by atoms with Crippen LogP contribution in [0.3, 0.4) is 0 Å². The van der Waals surface area contributed by atoms with Crippen molar-refractivity contribution in [2.24, 2.45) is 0 Å². The molecule has 0 radical (unpaired) electrons. The number of pyridine rings is 1. The summed E-state index contributed by atoms with van der Waals surface area (Å²) in [5.74, 6) is -0.114. The first-order valence-electron chi connectivity index (χ1n) is 6.32. The SMILES string of the molecule is CC(C)(C)OC(=O)CSc1nc2ccccn2c1CO. The van der Waals surface area contributed by atoms with Gasteiger partial charge < -0.3 is 14.2 Å². The molecule has 5 nitrogen and oxygen atoms in total. The summed E-state index contributed by atoms with van der Waals surface area (Å²) >= 11 is 1.28. The van der Waals surface area contributed by atoms with E-state index in [2.05, 4.69) is 4.98 Å². The molecule has 20 heavy (non-hydrogen) atoms. The minimum Gasteiger partial charge on any atom is -0.459 e. The highest BCUT2D eigenvalue weighted by Gasteiger charge is 2.18. The fourth-order valence-electron chi connectivity index (χ4n) is 1.78. The van der Waals surface area contributed by atoms with E-state index in [1.807, 2.05) is 49.6 Å². The standard InChI is InChI=1S/C14H18N2O3S/c1-14(2,3)19-12(18)9-20-13-10(8-17)16-7-5-4-6-11(16)15-13/h4-7,17H,8-9H2,1-3H3. The van der Waals surface area contributed by atoms with Gasteiger partial charge in [0.2, 0.25) is 0 Å². The van der Waals surface area contributed by atoms with Gasteiger partial charge in [0.1, 0.15) is 16.3 Å². The highest BCUT2D eigenvalue weighted by Crippen LogP contribution is 2.24. The lowest BCUT2D eigenvalue weighted by Gasteiger charge is -2.19. The number of hydrogen-bond acceptors (Lipinski definition) is 5. The van der Waals surface area contributed by atoms with Crippen molar-refractivity contribution in [3.05, 3.63) is 30.1 Å². The number of hydrogen-bond donors (Lipinski definition) is 1. The number of rotatable bonds is 4. The van der Waals surface area contributed by atoms with E-state index in [9.17, 15) is 9.90 Å². The molecule has 2 heterocycles. The second-order valence-corrected chi connectivity index (χ2v) is 6.29. The maximum absolute atomic E-state index is 11.7. The molecular weight excluding hydrogens is 276 g/mol. The molecule has 2 rings (SSSR count). The Balaban J connectivity index is 2.12. The van der Waals surface area contributed by atoms with Gasteiger partial charge in [-0.3, -0.25) is 4.79 Å². The number of fused-ring (bicyclic) bond motifs is 1. The van der Waals surface area contributed by atoms with E-state index in [4.69, 9.17) is 4.74 Å². The number of aromatic nitrogens is 2. The van der Waals surface area contributed by atoms with E-state index in [0.717, 1.165) is 5.65 Å². The molecule has 0 spiro atoms. The Hall–Kier alpha value is -1.53. The van der Waals surface area contributed by atoms with Crippen molar-refractivity contribution in [3.63, 3.8) is 0 Å². The monoisotopic (exact) mass is 294 g/mol. The van der Waals surface area contributed by atoms with Crippen LogP contribution in [0.5, 0.6) is 0 Å². The first kappa shape index (κ1) is 14.9. The molecule has 0 aromatic carbocycles. The fraction of sp³-hybridized carbons (Fsp3) is 0.429. The summed E-state index contributed by atoms with van der Waals surface area (Å²) in [6, 6.07) is 5.61.